The van der Waals surface area contributed by atoms with Crippen LogP contribution < -0.4 is 0 Å². The van der Waals surface area contributed by atoms with E-state index in [1.54, 1.807) is 18.2 Å². The molecule has 0 atom stereocenters. The Kier molecular flexibility index (Phi) is 1.70. The normalized spacial score (nSPS) is 12.7. The summed E-state index contributed by atoms with van der Waals surface area (Å²) in [5.74, 6) is 0. The molecule has 0 N–H and O–H groups in total. The molecule has 2 bridgehead atoms. The Hall–Kier alpha value is -1.77. The van der Waals surface area contributed by atoms with Crippen LogP contribution >= 0.6 is 0 Å². The van der Waals surface area contributed by atoms with Gasteiger partial charge in [0, 0.05) is 5.39 Å². The van der Waals surface area contributed by atoms with Gasteiger partial charge in [0.2, 0.25) is 0 Å². The average Bonchev–Trinajstić information content (AvgIpc) is 2.29. The van der Waals surface area contributed by atoms with E-state index in [1.165, 1.54) is 6.07 Å². The lowest BCUT2D eigenvalue weighted by Gasteiger charge is -2.13. The summed E-state index contributed by atoms with van der Waals surface area (Å²) in [7, 11) is 0. The first-order valence-corrected chi connectivity index (χ1v) is 4.88. The lowest BCUT2D eigenvalue weighted by atomic mass is 9.95. The molecule has 4 aromatic rings. The highest BCUT2D eigenvalue weighted by Gasteiger charge is 2.32. The molecule has 0 aliphatic heterocycles. The van der Waals surface area contributed by atoms with Gasteiger partial charge in [-0.1, -0.05) is 36.4 Å². The summed E-state index contributed by atoms with van der Waals surface area (Å²) in [6, 6.07) is 11.5. The zero-order valence-electron chi connectivity index (χ0n) is 8.18. The van der Waals surface area contributed by atoms with E-state index in [0.717, 1.165) is 11.5 Å². The number of halogens is 3. The van der Waals surface area contributed by atoms with Crippen LogP contribution in [0.2, 0.25) is 0 Å². The number of fused-ring (bicyclic) bond motifs is 2. The van der Waals surface area contributed by atoms with E-state index in [-0.39, 0.29) is 0 Å². The first kappa shape index (κ1) is 9.46. The predicted octanol–water partition coefficient (Wildman–Crippen LogP) is 4.45. The van der Waals surface area contributed by atoms with E-state index in [1.807, 2.05) is 12.1 Å². The molecule has 0 saturated carbocycles. The highest BCUT2D eigenvalue weighted by Crippen LogP contribution is 2.39. The van der Waals surface area contributed by atoms with Crippen LogP contribution in [0, 0.1) is 0 Å². The fourth-order valence-electron chi connectivity index (χ4n) is 2.16. The predicted molar refractivity (Wildman–Crippen MR) is 57.6 cm³/mol. The van der Waals surface area contributed by atoms with Crippen molar-refractivity contribution in [2.75, 3.05) is 0 Å². The Bertz CT molecular complexity index is 632. The van der Waals surface area contributed by atoms with Crippen molar-refractivity contribution in [1.29, 1.82) is 0 Å². The molecule has 0 spiro atoms. The number of hydrogen-bond donors (Lipinski definition) is 0. The van der Waals surface area contributed by atoms with Gasteiger partial charge >= 0.3 is 6.18 Å². The molecule has 0 radical (unpaired) electrons. The highest BCUT2D eigenvalue weighted by molar-refractivity contribution is 6.11. The van der Waals surface area contributed by atoms with Crippen molar-refractivity contribution < 1.29 is 13.2 Å². The third-order valence-electron chi connectivity index (χ3n) is 2.85. The molecular formula is C13H7F3. The molecular weight excluding hydrogens is 213 g/mol. The second-order valence-corrected chi connectivity index (χ2v) is 3.80. The van der Waals surface area contributed by atoms with Crippen LogP contribution in [0.4, 0.5) is 13.2 Å². The van der Waals surface area contributed by atoms with Crippen LogP contribution in [0.25, 0.3) is 21.5 Å². The molecule has 0 saturated heterocycles. The molecule has 0 heterocycles. The van der Waals surface area contributed by atoms with E-state index in [4.69, 9.17) is 0 Å². The number of benzene rings is 4. The highest BCUT2D eigenvalue weighted by atomic mass is 19.4. The van der Waals surface area contributed by atoms with E-state index >= 15 is 0 Å². The van der Waals surface area contributed by atoms with Crippen LogP contribution in [-0.2, 0) is 6.18 Å². The maximum atomic E-state index is 12.8. The van der Waals surface area contributed by atoms with Crippen molar-refractivity contribution in [3.8, 4) is 0 Å². The van der Waals surface area contributed by atoms with Gasteiger partial charge in [-0.2, -0.15) is 13.2 Å². The van der Waals surface area contributed by atoms with Crippen molar-refractivity contribution in [3.63, 3.8) is 0 Å². The van der Waals surface area contributed by atoms with Crippen molar-refractivity contribution in [2.24, 2.45) is 0 Å². The van der Waals surface area contributed by atoms with Gasteiger partial charge in [-0.15, -0.1) is 0 Å². The first-order chi connectivity index (χ1) is 7.57. The molecule has 4 aromatic carbocycles. The minimum absolute atomic E-state index is 0.315. The third-order valence-corrected chi connectivity index (χ3v) is 2.85. The topological polar surface area (TPSA) is 0 Å². The van der Waals surface area contributed by atoms with E-state index in [2.05, 4.69) is 0 Å². The molecule has 16 heavy (non-hydrogen) atoms. The number of alkyl halides is 3. The Labute approximate surface area is 89.6 Å². The first-order valence-electron chi connectivity index (χ1n) is 4.88. The van der Waals surface area contributed by atoms with Gasteiger partial charge in [-0.25, -0.2) is 0 Å². The standard InChI is InChI=1S/C13H7F3/c14-13(15,16)11-3-1-2-10-8-4-6-9(7-5-8)12(10)11/h1-7H. The van der Waals surface area contributed by atoms with Crippen LogP contribution in [0.15, 0.2) is 42.5 Å². The lowest BCUT2D eigenvalue weighted by molar-refractivity contribution is -0.136. The van der Waals surface area contributed by atoms with Gasteiger partial charge in [-0.3, -0.25) is 0 Å². The number of rotatable bonds is 0. The lowest BCUT2D eigenvalue weighted by Crippen LogP contribution is -2.05. The fourth-order valence-corrected chi connectivity index (χ4v) is 2.16. The second kappa shape index (κ2) is 2.88. The molecule has 0 amide bonds. The zero-order chi connectivity index (χ0) is 11.3. The summed E-state index contributed by atoms with van der Waals surface area (Å²) in [4.78, 5) is 0. The quantitative estimate of drug-likeness (QED) is 0.525. The van der Waals surface area contributed by atoms with E-state index < -0.39 is 11.7 Å². The van der Waals surface area contributed by atoms with Crippen molar-refractivity contribution in [1.82, 2.24) is 0 Å². The SMILES string of the molecule is FC(F)(F)c1cccc2c3ccc(cc3)c12. The van der Waals surface area contributed by atoms with E-state index in [9.17, 15) is 13.2 Å². The monoisotopic (exact) mass is 220 g/mol. The smallest absolute Gasteiger partial charge is 0.166 e. The Morgan fingerprint density at radius 2 is 1.38 bits per heavy atom. The van der Waals surface area contributed by atoms with Crippen LogP contribution in [0.1, 0.15) is 5.56 Å². The average molecular weight is 220 g/mol. The molecule has 0 aromatic heterocycles. The van der Waals surface area contributed by atoms with Gasteiger partial charge < -0.3 is 0 Å². The third kappa shape index (κ3) is 1.18. The van der Waals surface area contributed by atoms with Gasteiger partial charge in [0.25, 0.3) is 0 Å². The van der Waals surface area contributed by atoms with E-state index in [0.29, 0.717) is 16.2 Å². The molecule has 0 aliphatic rings. The summed E-state index contributed by atoms with van der Waals surface area (Å²) >= 11 is 0. The van der Waals surface area contributed by atoms with Gasteiger partial charge in [0.15, 0.2) is 0 Å². The Morgan fingerprint density at radius 1 is 0.750 bits per heavy atom. The minimum Gasteiger partial charge on any atom is -0.166 e. The summed E-state index contributed by atoms with van der Waals surface area (Å²) in [6.07, 6.45) is -4.29. The summed E-state index contributed by atoms with van der Waals surface area (Å²) in [6.45, 7) is 0. The maximum Gasteiger partial charge on any atom is 0.417 e. The summed E-state index contributed by atoms with van der Waals surface area (Å²) in [5, 5.41) is 2.47. The zero-order valence-corrected chi connectivity index (χ0v) is 8.18. The van der Waals surface area contributed by atoms with Crippen molar-refractivity contribution >= 4 is 21.5 Å². The largest absolute Gasteiger partial charge is 0.417 e. The van der Waals surface area contributed by atoms with Crippen LogP contribution in [-0.4, -0.2) is 0 Å². The molecule has 80 valence electrons. The Balaban J connectivity index is 2.54. The Morgan fingerprint density at radius 3 is 2.00 bits per heavy atom. The number of hydrogen-bond acceptors (Lipinski definition) is 0. The van der Waals surface area contributed by atoms with Crippen molar-refractivity contribution in [2.45, 2.75) is 6.18 Å². The van der Waals surface area contributed by atoms with Crippen LogP contribution in [0.5, 0.6) is 0 Å². The van der Waals surface area contributed by atoms with Crippen LogP contribution in [0.3, 0.4) is 0 Å². The molecule has 0 aliphatic carbocycles. The molecule has 3 heteroatoms. The second-order valence-electron chi connectivity index (χ2n) is 3.80. The maximum absolute atomic E-state index is 12.8. The van der Waals surface area contributed by atoms with Gasteiger partial charge in [0.1, 0.15) is 0 Å². The molecule has 0 nitrogen and oxygen atoms in total. The molecule has 4 rings (SSSR count). The molecule has 0 fully saturated rings. The van der Waals surface area contributed by atoms with Gasteiger partial charge in [-0.05, 0) is 22.2 Å². The van der Waals surface area contributed by atoms with Crippen molar-refractivity contribution in [3.05, 3.63) is 48.0 Å². The summed E-state index contributed by atoms with van der Waals surface area (Å²) in [5.41, 5.74) is -0.550. The fraction of sp³-hybridized carbons (Fsp3) is 0.0769. The molecule has 0 unspecified atom stereocenters. The van der Waals surface area contributed by atoms with Gasteiger partial charge in [0.05, 0.1) is 5.56 Å². The summed E-state index contributed by atoms with van der Waals surface area (Å²) < 4.78 is 38.5. The minimum atomic E-state index is -4.29.